The highest BCUT2D eigenvalue weighted by molar-refractivity contribution is 7.18. The van der Waals surface area contributed by atoms with Gasteiger partial charge in [-0.05, 0) is 31.0 Å². The Balaban J connectivity index is 2.14. The maximum Gasteiger partial charge on any atom is 0.303 e. The minimum absolute atomic E-state index is 0.101. The van der Waals surface area contributed by atoms with E-state index in [9.17, 15) is 4.79 Å². The molecule has 0 aliphatic heterocycles. The van der Waals surface area contributed by atoms with Gasteiger partial charge in [0.2, 0.25) is 0 Å². The first kappa shape index (κ1) is 13.8. The van der Waals surface area contributed by atoms with Crippen molar-refractivity contribution in [2.75, 3.05) is 6.61 Å². The number of aromatic nitrogens is 1. The van der Waals surface area contributed by atoms with Gasteiger partial charge in [-0.1, -0.05) is 6.92 Å². The SMILES string of the molecule is CCOc1ccc2nc(CC(C)CC(=O)O)sc2c1. The minimum Gasteiger partial charge on any atom is -0.494 e. The molecular weight excluding hydrogens is 262 g/mol. The lowest BCUT2D eigenvalue weighted by Crippen LogP contribution is -2.06. The van der Waals surface area contributed by atoms with Gasteiger partial charge in [0.05, 0.1) is 21.8 Å². The maximum absolute atomic E-state index is 10.7. The van der Waals surface area contributed by atoms with E-state index in [-0.39, 0.29) is 12.3 Å². The molecule has 2 rings (SSSR count). The van der Waals surface area contributed by atoms with Crippen molar-refractivity contribution in [3.63, 3.8) is 0 Å². The summed E-state index contributed by atoms with van der Waals surface area (Å²) in [4.78, 5) is 15.2. The molecular formula is C14H17NO3S. The first-order chi connectivity index (χ1) is 9.08. The Labute approximate surface area is 116 Å². The highest BCUT2D eigenvalue weighted by atomic mass is 32.1. The second kappa shape index (κ2) is 6.02. The van der Waals surface area contributed by atoms with Crippen molar-refractivity contribution < 1.29 is 14.6 Å². The summed E-state index contributed by atoms with van der Waals surface area (Å²) in [5, 5.41) is 9.75. The molecule has 1 atom stereocenters. The summed E-state index contributed by atoms with van der Waals surface area (Å²) in [6.45, 7) is 4.54. The second-order valence-electron chi connectivity index (χ2n) is 4.58. The molecule has 0 amide bonds. The van der Waals surface area contributed by atoms with E-state index >= 15 is 0 Å². The summed E-state index contributed by atoms with van der Waals surface area (Å²) in [6.07, 6.45) is 0.885. The van der Waals surface area contributed by atoms with Crippen molar-refractivity contribution in [2.24, 2.45) is 5.92 Å². The molecule has 1 aromatic heterocycles. The Morgan fingerprint density at radius 3 is 3.00 bits per heavy atom. The molecule has 0 saturated heterocycles. The Kier molecular flexibility index (Phi) is 4.37. The van der Waals surface area contributed by atoms with Crippen LogP contribution in [0.5, 0.6) is 5.75 Å². The third-order valence-corrected chi connectivity index (χ3v) is 3.80. The summed E-state index contributed by atoms with van der Waals surface area (Å²) in [5.74, 6) is 0.195. The smallest absolute Gasteiger partial charge is 0.303 e. The van der Waals surface area contributed by atoms with Crippen molar-refractivity contribution in [2.45, 2.75) is 26.7 Å². The highest BCUT2D eigenvalue weighted by Gasteiger charge is 2.12. The fourth-order valence-electron chi connectivity index (χ4n) is 1.96. The van der Waals surface area contributed by atoms with Crippen LogP contribution in [0.15, 0.2) is 18.2 Å². The van der Waals surface area contributed by atoms with Crippen LogP contribution >= 0.6 is 11.3 Å². The molecule has 5 heteroatoms. The molecule has 102 valence electrons. The minimum atomic E-state index is -0.757. The number of ether oxygens (including phenoxy) is 1. The van der Waals surface area contributed by atoms with Gasteiger partial charge in [-0.15, -0.1) is 11.3 Å². The zero-order valence-corrected chi connectivity index (χ0v) is 11.9. The van der Waals surface area contributed by atoms with Gasteiger partial charge in [0.25, 0.3) is 0 Å². The van der Waals surface area contributed by atoms with Crippen LogP contribution in [0, 0.1) is 5.92 Å². The highest BCUT2D eigenvalue weighted by Crippen LogP contribution is 2.28. The Hall–Kier alpha value is -1.62. The molecule has 0 aliphatic rings. The first-order valence-electron chi connectivity index (χ1n) is 6.32. The quantitative estimate of drug-likeness (QED) is 0.881. The molecule has 0 fully saturated rings. The van der Waals surface area contributed by atoms with E-state index in [1.807, 2.05) is 32.0 Å². The summed E-state index contributed by atoms with van der Waals surface area (Å²) in [6, 6.07) is 5.85. The van der Waals surface area contributed by atoms with E-state index in [1.165, 1.54) is 0 Å². The van der Waals surface area contributed by atoms with E-state index in [4.69, 9.17) is 9.84 Å². The average Bonchev–Trinajstić information content (AvgIpc) is 2.69. The maximum atomic E-state index is 10.7. The number of fused-ring (bicyclic) bond motifs is 1. The molecule has 1 unspecified atom stereocenters. The van der Waals surface area contributed by atoms with Crippen molar-refractivity contribution >= 4 is 27.5 Å². The number of aliphatic carboxylic acids is 1. The van der Waals surface area contributed by atoms with Crippen LogP contribution in [0.2, 0.25) is 0 Å². The largest absolute Gasteiger partial charge is 0.494 e. The van der Waals surface area contributed by atoms with Gasteiger partial charge in [-0.25, -0.2) is 4.98 Å². The monoisotopic (exact) mass is 279 g/mol. The summed E-state index contributed by atoms with van der Waals surface area (Å²) < 4.78 is 6.54. The van der Waals surface area contributed by atoms with Crippen molar-refractivity contribution in [3.8, 4) is 5.75 Å². The van der Waals surface area contributed by atoms with E-state index < -0.39 is 5.97 Å². The van der Waals surface area contributed by atoms with Crippen LogP contribution in [0.1, 0.15) is 25.3 Å². The van der Waals surface area contributed by atoms with Gasteiger partial charge in [-0.2, -0.15) is 0 Å². The lowest BCUT2D eigenvalue weighted by molar-refractivity contribution is -0.137. The molecule has 1 heterocycles. The molecule has 1 N–H and O–H groups in total. The lowest BCUT2D eigenvalue weighted by atomic mass is 10.1. The predicted octanol–water partition coefficient (Wildman–Crippen LogP) is 3.35. The number of carbonyl (C=O) groups is 1. The molecule has 0 saturated carbocycles. The number of carboxylic acids is 1. The summed E-state index contributed by atoms with van der Waals surface area (Å²) in [5.41, 5.74) is 0.950. The van der Waals surface area contributed by atoms with Gasteiger partial charge in [0, 0.05) is 12.8 Å². The summed E-state index contributed by atoms with van der Waals surface area (Å²) >= 11 is 1.61. The van der Waals surface area contributed by atoms with E-state index in [2.05, 4.69) is 4.98 Å². The fourth-order valence-corrected chi connectivity index (χ4v) is 3.12. The van der Waals surface area contributed by atoms with Crippen LogP contribution in [0.4, 0.5) is 0 Å². The van der Waals surface area contributed by atoms with Crippen molar-refractivity contribution in [1.29, 1.82) is 0 Å². The Morgan fingerprint density at radius 1 is 1.53 bits per heavy atom. The Bertz CT molecular complexity index is 579. The number of thiazole rings is 1. The van der Waals surface area contributed by atoms with Crippen LogP contribution in [-0.2, 0) is 11.2 Å². The van der Waals surface area contributed by atoms with Crippen molar-refractivity contribution in [1.82, 2.24) is 4.98 Å². The lowest BCUT2D eigenvalue weighted by Gasteiger charge is -2.04. The first-order valence-corrected chi connectivity index (χ1v) is 7.14. The molecule has 0 radical (unpaired) electrons. The average molecular weight is 279 g/mol. The summed E-state index contributed by atoms with van der Waals surface area (Å²) in [7, 11) is 0. The normalized spacial score (nSPS) is 12.5. The van der Waals surface area contributed by atoms with Crippen molar-refractivity contribution in [3.05, 3.63) is 23.2 Å². The number of nitrogens with zero attached hydrogens (tertiary/aromatic N) is 1. The van der Waals surface area contributed by atoms with Crippen LogP contribution in [-0.4, -0.2) is 22.7 Å². The molecule has 0 spiro atoms. The number of hydrogen-bond acceptors (Lipinski definition) is 4. The number of hydrogen-bond donors (Lipinski definition) is 1. The standard InChI is InChI=1S/C14H17NO3S/c1-3-18-10-4-5-11-12(8-10)19-13(15-11)6-9(2)7-14(16)17/h4-5,8-9H,3,6-7H2,1-2H3,(H,16,17). The van der Waals surface area contributed by atoms with E-state index in [1.54, 1.807) is 11.3 Å². The molecule has 0 aliphatic carbocycles. The van der Waals surface area contributed by atoms with Gasteiger partial charge < -0.3 is 9.84 Å². The van der Waals surface area contributed by atoms with Gasteiger partial charge in [-0.3, -0.25) is 4.79 Å². The van der Waals surface area contributed by atoms with E-state index in [0.717, 1.165) is 21.0 Å². The molecule has 19 heavy (non-hydrogen) atoms. The molecule has 1 aromatic carbocycles. The molecule has 2 aromatic rings. The topological polar surface area (TPSA) is 59.4 Å². The number of carboxylic acid groups (broad SMARTS) is 1. The zero-order valence-electron chi connectivity index (χ0n) is 11.0. The van der Waals surface area contributed by atoms with Gasteiger partial charge >= 0.3 is 5.97 Å². The number of benzene rings is 1. The van der Waals surface area contributed by atoms with Crippen LogP contribution in [0.3, 0.4) is 0 Å². The van der Waals surface area contributed by atoms with Gasteiger partial charge in [0.15, 0.2) is 0 Å². The zero-order chi connectivity index (χ0) is 13.8. The second-order valence-corrected chi connectivity index (χ2v) is 5.69. The third-order valence-electron chi connectivity index (χ3n) is 2.76. The molecule has 4 nitrogen and oxygen atoms in total. The fraction of sp³-hybridized carbons (Fsp3) is 0.429. The molecule has 0 bridgehead atoms. The van der Waals surface area contributed by atoms with Crippen LogP contribution < -0.4 is 4.74 Å². The van der Waals surface area contributed by atoms with Gasteiger partial charge in [0.1, 0.15) is 5.75 Å². The third kappa shape index (κ3) is 3.67. The Morgan fingerprint density at radius 2 is 2.32 bits per heavy atom. The van der Waals surface area contributed by atoms with Crippen LogP contribution in [0.25, 0.3) is 10.2 Å². The number of rotatable bonds is 6. The predicted molar refractivity (Wildman–Crippen MR) is 75.9 cm³/mol. The van der Waals surface area contributed by atoms with E-state index in [0.29, 0.717) is 13.0 Å².